The summed E-state index contributed by atoms with van der Waals surface area (Å²) in [7, 11) is 0. The number of hydrogen-bond donors (Lipinski definition) is 0. The highest BCUT2D eigenvalue weighted by Gasteiger charge is 2.10. The first-order chi connectivity index (χ1) is 11.7. The number of furan rings is 1. The van der Waals surface area contributed by atoms with Gasteiger partial charge in [-0.1, -0.05) is 46.3 Å². The molecule has 4 aromatic rings. The Morgan fingerprint density at radius 2 is 1.67 bits per heavy atom. The van der Waals surface area contributed by atoms with Crippen LogP contribution in [0.2, 0.25) is 0 Å². The maximum Gasteiger partial charge on any atom is 0.315 e. The highest BCUT2D eigenvalue weighted by atomic mass is 79.9. The van der Waals surface area contributed by atoms with Crippen LogP contribution in [0.15, 0.2) is 75.6 Å². The van der Waals surface area contributed by atoms with Gasteiger partial charge in [-0.2, -0.15) is 0 Å². The molecule has 0 radical (unpaired) electrons. The Hall–Kier alpha value is -2.59. The fourth-order valence-corrected chi connectivity index (χ4v) is 2.97. The zero-order valence-electron chi connectivity index (χ0n) is 12.7. The van der Waals surface area contributed by atoms with E-state index in [1.807, 2.05) is 60.7 Å². The van der Waals surface area contributed by atoms with Gasteiger partial charge in [0.05, 0.1) is 6.42 Å². The van der Waals surface area contributed by atoms with Crippen LogP contribution in [-0.4, -0.2) is 5.97 Å². The first-order valence-corrected chi connectivity index (χ1v) is 8.35. The van der Waals surface area contributed by atoms with E-state index in [1.54, 1.807) is 6.07 Å². The number of rotatable bonds is 3. The fraction of sp³-hybridized carbons (Fsp3) is 0.0500. The lowest BCUT2D eigenvalue weighted by molar-refractivity contribution is -0.133. The normalized spacial score (nSPS) is 11.0. The second-order valence-corrected chi connectivity index (χ2v) is 6.45. The predicted molar refractivity (Wildman–Crippen MR) is 97.2 cm³/mol. The summed E-state index contributed by atoms with van der Waals surface area (Å²) < 4.78 is 12.2. The lowest BCUT2D eigenvalue weighted by Gasteiger charge is -2.05. The molecule has 0 bridgehead atoms. The summed E-state index contributed by atoms with van der Waals surface area (Å²) in [5, 5.41) is 1.96. The molecule has 0 spiro atoms. The van der Waals surface area contributed by atoms with E-state index >= 15 is 0 Å². The summed E-state index contributed by atoms with van der Waals surface area (Å²) in [4.78, 5) is 12.1. The van der Waals surface area contributed by atoms with Crippen molar-refractivity contribution in [2.45, 2.75) is 6.42 Å². The Morgan fingerprint density at radius 1 is 0.917 bits per heavy atom. The number of benzene rings is 3. The predicted octanol–water partition coefficient (Wildman–Crippen LogP) is 5.50. The Morgan fingerprint density at radius 3 is 2.50 bits per heavy atom. The second kappa shape index (κ2) is 6.13. The molecule has 0 aliphatic rings. The molecule has 0 amide bonds. The fourth-order valence-electron chi connectivity index (χ4n) is 2.71. The van der Waals surface area contributed by atoms with Crippen molar-refractivity contribution in [3.8, 4) is 5.75 Å². The van der Waals surface area contributed by atoms with Gasteiger partial charge in [0.25, 0.3) is 0 Å². The average Bonchev–Trinajstić information content (AvgIpc) is 2.95. The Kier molecular flexibility index (Phi) is 3.82. The van der Waals surface area contributed by atoms with Crippen molar-refractivity contribution < 1.29 is 13.9 Å². The third-order valence-corrected chi connectivity index (χ3v) is 4.37. The summed E-state index contributed by atoms with van der Waals surface area (Å²) in [5.74, 6) is 0.237. The zero-order chi connectivity index (χ0) is 16.5. The molecule has 3 nitrogen and oxygen atoms in total. The van der Waals surface area contributed by atoms with Gasteiger partial charge in [0.1, 0.15) is 16.9 Å². The van der Waals surface area contributed by atoms with Crippen LogP contribution < -0.4 is 4.74 Å². The Balaban J connectivity index is 1.58. The first-order valence-electron chi connectivity index (χ1n) is 7.55. The van der Waals surface area contributed by atoms with E-state index < -0.39 is 0 Å². The number of ether oxygens (including phenoxy) is 1. The second-order valence-electron chi connectivity index (χ2n) is 5.53. The Labute approximate surface area is 147 Å². The van der Waals surface area contributed by atoms with Crippen molar-refractivity contribution in [3.05, 3.63) is 76.8 Å². The van der Waals surface area contributed by atoms with Gasteiger partial charge in [-0.15, -0.1) is 0 Å². The number of hydrogen-bond acceptors (Lipinski definition) is 3. The van der Waals surface area contributed by atoms with E-state index in [0.29, 0.717) is 5.75 Å². The molecule has 4 heteroatoms. The van der Waals surface area contributed by atoms with Gasteiger partial charge < -0.3 is 9.15 Å². The van der Waals surface area contributed by atoms with Crippen molar-refractivity contribution in [2.24, 2.45) is 0 Å². The molecule has 0 saturated heterocycles. The summed E-state index contributed by atoms with van der Waals surface area (Å²) in [6.07, 6.45) is 0.234. The molecule has 4 rings (SSSR count). The van der Waals surface area contributed by atoms with Crippen LogP contribution in [0.25, 0.3) is 21.9 Å². The SMILES string of the molecule is O=C(Cc1ccc(Br)cc1)Oc1ccc2oc3ccccc3c2c1. The molecular formula is C20H13BrO3. The van der Waals surface area contributed by atoms with Crippen molar-refractivity contribution in [2.75, 3.05) is 0 Å². The molecule has 0 atom stereocenters. The topological polar surface area (TPSA) is 39.4 Å². The molecule has 3 aromatic carbocycles. The summed E-state index contributed by atoms with van der Waals surface area (Å²) in [5.41, 5.74) is 2.52. The molecule has 0 fully saturated rings. The van der Waals surface area contributed by atoms with Crippen molar-refractivity contribution in [1.82, 2.24) is 0 Å². The van der Waals surface area contributed by atoms with Gasteiger partial charge in [-0.3, -0.25) is 4.79 Å². The number of fused-ring (bicyclic) bond motifs is 3. The number of halogens is 1. The van der Waals surface area contributed by atoms with Gasteiger partial charge >= 0.3 is 5.97 Å². The minimum absolute atomic E-state index is 0.234. The monoisotopic (exact) mass is 380 g/mol. The molecule has 24 heavy (non-hydrogen) atoms. The van der Waals surface area contributed by atoms with Crippen LogP contribution in [0.1, 0.15) is 5.56 Å². The third kappa shape index (κ3) is 2.93. The van der Waals surface area contributed by atoms with Crippen LogP contribution >= 0.6 is 15.9 Å². The molecule has 1 heterocycles. The average molecular weight is 381 g/mol. The number of para-hydroxylation sites is 1. The quantitative estimate of drug-likeness (QED) is 0.348. The molecule has 0 unspecified atom stereocenters. The lowest BCUT2D eigenvalue weighted by Crippen LogP contribution is -2.11. The van der Waals surface area contributed by atoms with Crippen LogP contribution in [0.3, 0.4) is 0 Å². The van der Waals surface area contributed by atoms with Crippen LogP contribution in [0.5, 0.6) is 5.75 Å². The van der Waals surface area contributed by atoms with Crippen LogP contribution in [0.4, 0.5) is 0 Å². The van der Waals surface area contributed by atoms with Gasteiger partial charge in [0.15, 0.2) is 0 Å². The maximum absolute atomic E-state index is 12.1. The van der Waals surface area contributed by atoms with Gasteiger partial charge in [-0.05, 0) is 42.0 Å². The number of carbonyl (C=O) groups excluding carboxylic acids is 1. The largest absolute Gasteiger partial charge is 0.456 e. The minimum atomic E-state index is -0.288. The molecule has 1 aromatic heterocycles. The maximum atomic E-state index is 12.1. The highest BCUT2D eigenvalue weighted by Crippen LogP contribution is 2.31. The van der Waals surface area contributed by atoms with Crippen LogP contribution in [-0.2, 0) is 11.2 Å². The van der Waals surface area contributed by atoms with E-state index in [1.165, 1.54) is 0 Å². The van der Waals surface area contributed by atoms with Crippen molar-refractivity contribution in [3.63, 3.8) is 0 Å². The molecule has 0 saturated carbocycles. The lowest BCUT2D eigenvalue weighted by atomic mass is 10.1. The molecule has 118 valence electrons. The summed E-state index contributed by atoms with van der Waals surface area (Å²) >= 11 is 3.38. The molecule has 0 N–H and O–H groups in total. The van der Waals surface area contributed by atoms with E-state index in [-0.39, 0.29) is 12.4 Å². The first kappa shape index (κ1) is 15.0. The molecule has 0 aliphatic carbocycles. The van der Waals surface area contributed by atoms with Crippen molar-refractivity contribution >= 4 is 43.8 Å². The zero-order valence-corrected chi connectivity index (χ0v) is 14.2. The van der Waals surface area contributed by atoms with Gasteiger partial charge in [-0.25, -0.2) is 0 Å². The molecular weight excluding hydrogens is 368 g/mol. The van der Waals surface area contributed by atoms with Crippen molar-refractivity contribution in [1.29, 1.82) is 0 Å². The summed E-state index contributed by atoms with van der Waals surface area (Å²) in [6, 6.07) is 20.9. The summed E-state index contributed by atoms with van der Waals surface area (Å²) in [6.45, 7) is 0. The van der Waals surface area contributed by atoms with Crippen LogP contribution in [0, 0.1) is 0 Å². The molecule has 0 aliphatic heterocycles. The van der Waals surface area contributed by atoms with Gasteiger partial charge in [0.2, 0.25) is 0 Å². The Bertz CT molecular complexity index is 1030. The highest BCUT2D eigenvalue weighted by molar-refractivity contribution is 9.10. The van der Waals surface area contributed by atoms with Gasteiger partial charge in [0, 0.05) is 15.2 Å². The number of carbonyl (C=O) groups is 1. The third-order valence-electron chi connectivity index (χ3n) is 3.84. The standard InChI is InChI=1S/C20H13BrO3/c21-14-7-5-13(6-8-14)11-20(22)23-15-9-10-19-17(12-15)16-3-1-2-4-18(16)24-19/h1-10,12H,11H2. The van der Waals surface area contributed by atoms with E-state index in [9.17, 15) is 4.79 Å². The van der Waals surface area contributed by atoms with E-state index in [0.717, 1.165) is 32.0 Å². The van der Waals surface area contributed by atoms with E-state index in [2.05, 4.69) is 15.9 Å². The minimum Gasteiger partial charge on any atom is -0.456 e. The van der Waals surface area contributed by atoms with E-state index in [4.69, 9.17) is 9.15 Å². The number of esters is 1. The smallest absolute Gasteiger partial charge is 0.315 e.